The van der Waals surface area contributed by atoms with Crippen molar-refractivity contribution in [2.75, 3.05) is 26.0 Å². The minimum absolute atomic E-state index is 0.0692. The van der Waals surface area contributed by atoms with Gasteiger partial charge in [0.1, 0.15) is 12.4 Å². The Morgan fingerprint density at radius 3 is 2.25 bits per heavy atom. The van der Waals surface area contributed by atoms with Crippen molar-refractivity contribution in [1.29, 1.82) is 0 Å². The molecular weight excluding hydrogens is 330 g/mol. The highest BCUT2D eigenvalue weighted by molar-refractivity contribution is 7.90. The number of rotatable bonds is 8. The summed E-state index contributed by atoms with van der Waals surface area (Å²) >= 11 is 0. The molecule has 0 aliphatic carbocycles. The van der Waals surface area contributed by atoms with Gasteiger partial charge in [-0.05, 0) is 23.3 Å². The Bertz CT molecular complexity index is 757. The second-order valence-electron chi connectivity index (χ2n) is 4.97. The van der Waals surface area contributed by atoms with E-state index in [2.05, 4.69) is 9.46 Å². The number of methoxy groups -OCH3 is 1. The maximum atomic E-state index is 11.5. The van der Waals surface area contributed by atoms with Gasteiger partial charge in [0.05, 0.1) is 7.11 Å². The Morgan fingerprint density at radius 1 is 1.00 bits per heavy atom. The van der Waals surface area contributed by atoms with Crippen LogP contribution in [0.3, 0.4) is 0 Å². The van der Waals surface area contributed by atoms with Crippen LogP contribution >= 0.6 is 0 Å². The van der Waals surface area contributed by atoms with Gasteiger partial charge in [-0.1, -0.05) is 42.5 Å². The van der Waals surface area contributed by atoms with Gasteiger partial charge in [0.25, 0.3) is 0 Å². The van der Waals surface area contributed by atoms with Crippen molar-refractivity contribution in [3.05, 3.63) is 54.6 Å². The van der Waals surface area contributed by atoms with Crippen LogP contribution in [0, 0.1) is 0 Å². The number of ether oxygens (including phenoxy) is 2. The molecule has 0 spiro atoms. The quantitative estimate of drug-likeness (QED) is 0.581. The molecule has 0 fully saturated rings. The average molecular weight is 349 g/mol. The maximum absolute atomic E-state index is 11.5. The standard InChI is InChI=1S/C17H19NO5S/c1-22-17(19)13-24(20,21)18-11-12-23-16-9-7-15(8-10-16)14-5-3-2-4-6-14/h2-10,18H,11-13H2,1H3. The molecule has 2 aromatic rings. The van der Waals surface area contributed by atoms with Gasteiger partial charge in [0, 0.05) is 6.54 Å². The molecule has 0 amide bonds. The van der Waals surface area contributed by atoms with Gasteiger partial charge < -0.3 is 9.47 Å². The summed E-state index contributed by atoms with van der Waals surface area (Å²) in [6.45, 7) is 0.227. The van der Waals surface area contributed by atoms with E-state index in [0.29, 0.717) is 5.75 Å². The van der Waals surface area contributed by atoms with Gasteiger partial charge in [-0.3, -0.25) is 4.79 Å². The molecule has 0 heterocycles. The summed E-state index contributed by atoms with van der Waals surface area (Å²) in [6, 6.07) is 17.5. The first-order valence-electron chi connectivity index (χ1n) is 7.32. The van der Waals surface area contributed by atoms with Crippen LogP contribution in [0.15, 0.2) is 54.6 Å². The highest BCUT2D eigenvalue weighted by Crippen LogP contribution is 2.21. The lowest BCUT2D eigenvalue weighted by molar-refractivity contribution is -0.137. The van der Waals surface area contributed by atoms with Crippen molar-refractivity contribution in [2.24, 2.45) is 0 Å². The largest absolute Gasteiger partial charge is 0.492 e. The SMILES string of the molecule is COC(=O)CS(=O)(=O)NCCOc1ccc(-c2ccccc2)cc1. The Hall–Kier alpha value is -2.38. The summed E-state index contributed by atoms with van der Waals surface area (Å²) in [4.78, 5) is 11.0. The van der Waals surface area contributed by atoms with Gasteiger partial charge in [0.15, 0.2) is 5.75 Å². The third-order valence-corrected chi connectivity index (χ3v) is 4.45. The average Bonchev–Trinajstić information content (AvgIpc) is 2.59. The van der Waals surface area contributed by atoms with E-state index in [-0.39, 0.29) is 13.2 Å². The second kappa shape index (κ2) is 8.47. The molecule has 2 aromatic carbocycles. The Morgan fingerprint density at radius 2 is 1.62 bits per heavy atom. The highest BCUT2D eigenvalue weighted by Gasteiger charge is 2.15. The molecule has 0 atom stereocenters. The Balaban J connectivity index is 1.80. The van der Waals surface area contributed by atoms with Gasteiger partial charge in [-0.25, -0.2) is 13.1 Å². The number of carbonyl (C=O) groups is 1. The van der Waals surface area contributed by atoms with E-state index in [9.17, 15) is 13.2 Å². The van der Waals surface area contributed by atoms with Crippen molar-refractivity contribution in [3.8, 4) is 16.9 Å². The van der Waals surface area contributed by atoms with Crippen LogP contribution in [0.5, 0.6) is 5.75 Å². The van der Waals surface area contributed by atoms with Crippen molar-refractivity contribution >= 4 is 16.0 Å². The first kappa shape index (κ1) is 18.0. The van der Waals surface area contributed by atoms with Gasteiger partial charge >= 0.3 is 5.97 Å². The zero-order valence-electron chi connectivity index (χ0n) is 13.3. The molecule has 2 rings (SSSR count). The summed E-state index contributed by atoms with van der Waals surface area (Å²) in [7, 11) is -2.56. The molecule has 7 heteroatoms. The van der Waals surface area contributed by atoms with E-state index in [1.165, 1.54) is 0 Å². The van der Waals surface area contributed by atoms with E-state index >= 15 is 0 Å². The zero-order chi connectivity index (χ0) is 17.4. The Kier molecular flexibility index (Phi) is 6.34. The number of sulfonamides is 1. The molecule has 0 saturated carbocycles. The van der Waals surface area contributed by atoms with Crippen molar-refractivity contribution in [1.82, 2.24) is 4.72 Å². The molecule has 0 bridgehead atoms. The molecule has 6 nitrogen and oxygen atoms in total. The molecule has 128 valence electrons. The van der Waals surface area contributed by atoms with E-state index in [1.54, 1.807) is 0 Å². The van der Waals surface area contributed by atoms with Gasteiger partial charge in [-0.2, -0.15) is 0 Å². The van der Waals surface area contributed by atoms with Crippen molar-refractivity contribution < 1.29 is 22.7 Å². The fourth-order valence-corrected chi connectivity index (χ4v) is 2.93. The minimum Gasteiger partial charge on any atom is -0.492 e. The van der Waals surface area contributed by atoms with E-state index < -0.39 is 21.7 Å². The van der Waals surface area contributed by atoms with Crippen LogP contribution in [0.25, 0.3) is 11.1 Å². The van der Waals surface area contributed by atoms with Gasteiger partial charge in [-0.15, -0.1) is 0 Å². The van der Waals surface area contributed by atoms with Crippen LogP contribution in [0.1, 0.15) is 0 Å². The number of esters is 1. The fraction of sp³-hybridized carbons (Fsp3) is 0.235. The summed E-state index contributed by atoms with van der Waals surface area (Å²) in [5.74, 6) is -0.864. The molecular formula is C17H19NO5S. The number of hydrogen-bond donors (Lipinski definition) is 1. The van der Waals surface area contributed by atoms with E-state index in [0.717, 1.165) is 18.2 Å². The lowest BCUT2D eigenvalue weighted by Gasteiger charge is -2.09. The predicted octanol–water partition coefficient (Wildman–Crippen LogP) is 1.82. The highest BCUT2D eigenvalue weighted by atomic mass is 32.2. The fourth-order valence-electron chi connectivity index (χ4n) is 2.01. The summed E-state index contributed by atoms with van der Waals surface area (Å²) in [6.07, 6.45) is 0. The van der Waals surface area contributed by atoms with Crippen LogP contribution in [0.2, 0.25) is 0 Å². The number of carbonyl (C=O) groups excluding carboxylic acids is 1. The molecule has 0 aromatic heterocycles. The molecule has 1 N–H and O–H groups in total. The third-order valence-electron chi connectivity index (χ3n) is 3.19. The number of hydrogen-bond acceptors (Lipinski definition) is 5. The van der Waals surface area contributed by atoms with Crippen LogP contribution in [-0.2, 0) is 19.6 Å². The lowest BCUT2D eigenvalue weighted by Crippen LogP contribution is -2.33. The molecule has 24 heavy (non-hydrogen) atoms. The van der Waals surface area contributed by atoms with Crippen LogP contribution < -0.4 is 9.46 Å². The molecule has 0 radical (unpaired) electrons. The summed E-state index contributed by atoms with van der Waals surface area (Å²) < 4.78 is 35.2. The zero-order valence-corrected chi connectivity index (χ0v) is 14.1. The van der Waals surface area contributed by atoms with Crippen LogP contribution in [-0.4, -0.2) is 40.4 Å². The minimum atomic E-state index is -3.69. The lowest BCUT2D eigenvalue weighted by atomic mass is 10.1. The topological polar surface area (TPSA) is 81.7 Å². The summed E-state index contributed by atoms with van der Waals surface area (Å²) in [5.41, 5.74) is 2.18. The molecule has 0 aliphatic heterocycles. The summed E-state index contributed by atoms with van der Waals surface area (Å²) in [5, 5.41) is 0. The molecule has 0 aliphatic rings. The monoisotopic (exact) mass is 349 g/mol. The molecule has 0 saturated heterocycles. The third kappa shape index (κ3) is 5.68. The first-order chi connectivity index (χ1) is 11.5. The molecule has 0 unspecified atom stereocenters. The smallest absolute Gasteiger partial charge is 0.322 e. The predicted molar refractivity (Wildman–Crippen MR) is 91.2 cm³/mol. The Labute approximate surface area is 141 Å². The maximum Gasteiger partial charge on any atom is 0.322 e. The number of benzene rings is 2. The van der Waals surface area contributed by atoms with Crippen molar-refractivity contribution in [2.45, 2.75) is 0 Å². The van der Waals surface area contributed by atoms with Crippen LogP contribution in [0.4, 0.5) is 0 Å². The number of nitrogens with one attached hydrogen (secondary N) is 1. The van der Waals surface area contributed by atoms with Crippen molar-refractivity contribution in [3.63, 3.8) is 0 Å². The van der Waals surface area contributed by atoms with E-state index in [1.807, 2.05) is 54.6 Å². The second-order valence-corrected chi connectivity index (χ2v) is 6.78. The van der Waals surface area contributed by atoms with E-state index in [4.69, 9.17) is 4.74 Å². The first-order valence-corrected chi connectivity index (χ1v) is 8.98. The van der Waals surface area contributed by atoms with Gasteiger partial charge in [0.2, 0.25) is 10.0 Å². The normalized spacial score (nSPS) is 11.0.